The second kappa shape index (κ2) is 7.94. The Morgan fingerprint density at radius 3 is 2.50 bits per heavy atom. The molecule has 1 aromatic rings. The Morgan fingerprint density at radius 1 is 1.27 bits per heavy atom. The van der Waals surface area contributed by atoms with E-state index in [4.69, 9.17) is 5.21 Å². The van der Waals surface area contributed by atoms with Gasteiger partial charge in [0.1, 0.15) is 0 Å². The summed E-state index contributed by atoms with van der Waals surface area (Å²) < 4.78 is 0. The van der Waals surface area contributed by atoms with Gasteiger partial charge in [-0.15, -0.1) is 0 Å². The number of carbonyl (C=O) groups is 1. The van der Waals surface area contributed by atoms with Crippen molar-refractivity contribution < 1.29 is 10.0 Å². The Bertz CT molecular complexity index is 519. The van der Waals surface area contributed by atoms with Crippen molar-refractivity contribution in [2.24, 2.45) is 5.16 Å². The van der Waals surface area contributed by atoms with Crippen molar-refractivity contribution in [3.63, 3.8) is 0 Å². The van der Waals surface area contributed by atoms with E-state index in [2.05, 4.69) is 15.4 Å². The SMILES string of the molecule is Cc1ccc(NC(=O)/C(CN(C)C2CCCCC2)=N/O)cc1. The van der Waals surface area contributed by atoms with E-state index in [0.29, 0.717) is 18.3 Å². The minimum atomic E-state index is -0.353. The summed E-state index contributed by atoms with van der Waals surface area (Å²) in [6, 6.07) is 8.01. The third-order valence-electron chi connectivity index (χ3n) is 4.29. The summed E-state index contributed by atoms with van der Waals surface area (Å²) in [5.74, 6) is -0.353. The first-order valence-corrected chi connectivity index (χ1v) is 7.89. The molecule has 1 amide bonds. The van der Waals surface area contributed by atoms with E-state index in [-0.39, 0.29) is 11.6 Å². The zero-order valence-electron chi connectivity index (χ0n) is 13.4. The third kappa shape index (κ3) is 4.56. The summed E-state index contributed by atoms with van der Waals surface area (Å²) in [5, 5.41) is 15.1. The number of aryl methyl sites for hydroxylation is 1. The molecule has 0 spiro atoms. The molecule has 2 N–H and O–H groups in total. The lowest BCUT2D eigenvalue weighted by Crippen LogP contribution is -2.40. The number of carbonyl (C=O) groups excluding carboxylic acids is 1. The highest BCUT2D eigenvalue weighted by atomic mass is 16.4. The molecule has 22 heavy (non-hydrogen) atoms. The first-order valence-electron chi connectivity index (χ1n) is 7.89. The van der Waals surface area contributed by atoms with E-state index in [9.17, 15) is 4.79 Å². The van der Waals surface area contributed by atoms with Crippen LogP contribution < -0.4 is 5.32 Å². The Kier molecular flexibility index (Phi) is 5.95. The Morgan fingerprint density at radius 2 is 1.91 bits per heavy atom. The van der Waals surface area contributed by atoms with Crippen LogP contribution >= 0.6 is 0 Å². The van der Waals surface area contributed by atoms with Crippen LogP contribution in [0.3, 0.4) is 0 Å². The standard InChI is InChI=1S/C17H25N3O2/c1-13-8-10-14(11-9-13)18-17(21)16(19-22)12-20(2)15-6-4-3-5-7-15/h8-11,15,22H,3-7,12H2,1-2H3,(H,18,21)/b19-16+. The zero-order valence-corrected chi connectivity index (χ0v) is 13.4. The molecule has 0 aliphatic heterocycles. The van der Waals surface area contributed by atoms with Gasteiger partial charge in [-0.05, 0) is 38.9 Å². The maximum absolute atomic E-state index is 12.2. The van der Waals surface area contributed by atoms with Crippen molar-refractivity contribution in [1.29, 1.82) is 0 Å². The molecule has 2 rings (SSSR count). The molecule has 0 radical (unpaired) electrons. The number of anilines is 1. The van der Waals surface area contributed by atoms with Crippen LogP contribution in [0.2, 0.25) is 0 Å². The smallest absolute Gasteiger partial charge is 0.274 e. The summed E-state index contributed by atoms with van der Waals surface area (Å²) in [4.78, 5) is 14.3. The minimum Gasteiger partial charge on any atom is -0.410 e. The molecule has 0 bridgehead atoms. The summed E-state index contributed by atoms with van der Waals surface area (Å²) >= 11 is 0. The van der Waals surface area contributed by atoms with Gasteiger partial charge in [-0.3, -0.25) is 9.69 Å². The highest BCUT2D eigenvalue weighted by Gasteiger charge is 2.22. The first-order chi connectivity index (χ1) is 10.6. The van der Waals surface area contributed by atoms with E-state index in [1.165, 1.54) is 19.3 Å². The molecule has 0 heterocycles. The third-order valence-corrected chi connectivity index (χ3v) is 4.29. The van der Waals surface area contributed by atoms with Crippen LogP contribution in [-0.2, 0) is 4.79 Å². The van der Waals surface area contributed by atoms with Crippen molar-refractivity contribution >= 4 is 17.3 Å². The van der Waals surface area contributed by atoms with Crippen molar-refractivity contribution in [1.82, 2.24) is 4.90 Å². The summed E-state index contributed by atoms with van der Waals surface area (Å²) in [5.41, 5.74) is 1.98. The zero-order chi connectivity index (χ0) is 15.9. The van der Waals surface area contributed by atoms with Crippen LogP contribution in [0.1, 0.15) is 37.7 Å². The number of nitrogens with zero attached hydrogens (tertiary/aromatic N) is 2. The van der Waals surface area contributed by atoms with E-state index < -0.39 is 0 Å². The molecular weight excluding hydrogens is 278 g/mol. The predicted molar refractivity (Wildman–Crippen MR) is 88.5 cm³/mol. The first kappa shape index (κ1) is 16.5. The second-order valence-electron chi connectivity index (χ2n) is 6.07. The van der Waals surface area contributed by atoms with Gasteiger partial charge in [0, 0.05) is 18.3 Å². The van der Waals surface area contributed by atoms with E-state index in [1.54, 1.807) is 0 Å². The summed E-state index contributed by atoms with van der Waals surface area (Å²) in [7, 11) is 1.99. The van der Waals surface area contributed by atoms with Crippen LogP contribution in [0, 0.1) is 6.92 Å². The molecule has 0 unspecified atom stereocenters. The number of rotatable bonds is 5. The molecule has 1 aliphatic rings. The van der Waals surface area contributed by atoms with Gasteiger partial charge in [-0.25, -0.2) is 0 Å². The number of oxime groups is 1. The minimum absolute atomic E-state index is 0.147. The number of hydrogen-bond donors (Lipinski definition) is 2. The molecule has 0 saturated heterocycles. The highest BCUT2D eigenvalue weighted by molar-refractivity contribution is 6.43. The lowest BCUT2D eigenvalue weighted by Gasteiger charge is -2.30. The number of hydrogen-bond acceptors (Lipinski definition) is 4. The average molecular weight is 303 g/mol. The van der Waals surface area contributed by atoms with Crippen molar-refractivity contribution in [3.8, 4) is 0 Å². The Hall–Kier alpha value is -1.88. The normalized spacial score (nSPS) is 16.8. The molecule has 0 aromatic heterocycles. The van der Waals surface area contributed by atoms with E-state index in [0.717, 1.165) is 18.4 Å². The van der Waals surface area contributed by atoms with Gasteiger partial charge in [0.2, 0.25) is 0 Å². The molecule has 120 valence electrons. The Balaban J connectivity index is 1.92. The van der Waals surface area contributed by atoms with E-state index >= 15 is 0 Å². The molecule has 5 heteroatoms. The van der Waals surface area contributed by atoms with Crippen LogP contribution in [0.15, 0.2) is 29.4 Å². The Labute approximate surface area is 132 Å². The molecule has 1 aliphatic carbocycles. The average Bonchev–Trinajstić information content (AvgIpc) is 2.55. The summed E-state index contributed by atoms with van der Waals surface area (Å²) in [6.07, 6.45) is 6.05. The maximum Gasteiger partial charge on any atom is 0.274 e. The second-order valence-corrected chi connectivity index (χ2v) is 6.07. The quantitative estimate of drug-likeness (QED) is 0.499. The monoisotopic (exact) mass is 303 g/mol. The molecule has 1 saturated carbocycles. The van der Waals surface area contributed by atoms with Crippen LogP contribution in [0.5, 0.6) is 0 Å². The number of benzene rings is 1. The van der Waals surface area contributed by atoms with Crippen LogP contribution in [-0.4, -0.2) is 41.4 Å². The van der Waals surface area contributed by atoms with Crippen molar-refractivity contribution in [2.45, 2.75) is 45.1 Å². The molecule has 0 atom stereocenters. The predicted octanol–water partition coefficient (Wildman–Crippen LogP) is 3.03. The fraction of sp³-hybridized carbons (Fsp3) is 0.529. The van der Waals surface area contributed by atoms with E-state index in [1.807, 2.05) is 38.2 Å². The molecule has 1 fully saturated rings. The van der Waals surface area contributed by atoms with Gasteiger partial charge in [0.25, 0.3) is 5.91 Å². The lowest BCUT2D eigenvalue weighted by atomic mass is 9.94. The van der Waals surface area contributed by atoms with Gasteiger partial charge in [-0.2, -0.15) is 0 Å². The molecule has 1 aromatic carbocycles. The van der Waals surface area contributed by atoms with Gasteiger partial charge >= 0.3 is 0 Å². The fourth-order valence-electron chi connectivity index (χ4n) is 2.88. The van der Waals surface area contributed by atoms with Crippen molar-refractivity contribution in [3.05, 3.63) is 29.8 Å². The van der Waals surface area contributed by atoms with Gasteiger partial charge in [0.05, 0.1) is 0 Å². The van der Waals surface area contributed by atoms with Gasteiger partial charge < -0.3 is 10.5 Å². The van der Waals surface area contributed by atoms with Gasteiger partial charge in [0.15, 0.2) is 5.71 Å². The summed E-state index contributed by atoms with van der Waals surface area (Å²) in [6.45, 7) is 2.35. The van der Waals surface area contributed by atoms with Crippen LogP contribution in [0.25, 0.3) is 0 Å². The van der Waals surface area contributed by atoms with Crippen molar-refractivity contribution in [2.75, 3.05) is 18.9 Å². The largest absolute Gasteiger partial charge is 0.410 e. The topological polar surface area (TPSA) is 64.9 Å². The molecular formula is C17H25N3O2. The number of nitrogens with one attached hydrogen (secondary N) is 1. The highest BCUT2D eigenvalue weighted by Crippen LogP contribution is 2.21. The fourth-order valence-corrected chi connectivity index (χ4v) is 2.88. The van der Waals surface area contributed by atoms with Gasteiger partial charge in [-0.1, -0.05) is 42.1 Å². The lowest BCUT2D eigenvalue weighted by molar-refractivity contribution is -0.110. The number of amides is 1. The maximum atomic E-state index is 12.2. The molecule has 5 nitrogen and oxygen atoms in total. The van der Waals surface area contributed by atoms with Crippen LogP contribution in [0.4, 0.5) is 5.69 Å².